The zero-order valence-corrected chi connectivity index (χ0v) is 18.9. The van der Waals surface area contributed by atoms with Gasteiger partial charge in [0, 0.05) is 11.6 Å². The number of nitrogens with zero attached hydrogens (tertiary/aromatic N) is 1. The standard InChI is InChI=1S/C24H18ClIN2O2/c25-21-9-6-18(7-10-21)16-30-23-11-8-19(13-22(23)26)12-20(14-27)24(29)28-15-17-4-2-1-3-5-17/h1-13H,15-16H2,(H,28,29)/b20-12-. The summed E-state index contributed by atoms with van der Waals surface area (Å²) in [6, 6.07) is 24.5. The molecule has 0 aliphatic heterocycles. The summed E-state index contributed by atoms with van der Waals surface area (Å²) >= 11 is 8.07. The average molecular weight is 529 g/mol. The third kappa shape index (κ3) is 6.34. The van der Waals surface area contributed by atoms with Crippen LogP contribution in [0.15, 0.2) is 78.4 Å². The van der Waals surface area contributed by atoms with Gasteiger partial charge in [0.15, 0.2) is 0 Å². The molecule has 0 bridgehead atoms. The van der Waals surface area contributed by atoms with Gasteiger partial charge in [0.1, 0.15) is 24.0 Å². The van der Waals surface area contributed by atoms with Gasteiger partial charge in [-0.3, -0.25) is 4.79 Å². The van der Waals surface area contributed by atoms with E-state index in [1.807, 2.05) is 78.9 Å². The molecule has 0 unspecified atom stereocenters. The number of hydrogen-bond acceptors (Lipinski definition) is 3. The Balaban J connectivity index is 1.64. The summed E-state index contributed by atoms with van der Waals surface area (Å²) in [4.78, 5) is 12.3. The van der Waals surface area contributed by atoms with Gasteiger partial charge in [0.25, 0.3) is 5.91 Å². The topological polar surface area (TPSA) is 62.1 Å². The molecule has 0 radical (unpaired) electrons. The van der Waals surface area contributed by atoms with Gasteiger partial charge in [-0.2, -0.15) is 5.26 Å². The number of carbonyl (C=O) groups excluding carboxylic acids is 1. The molecule has 1 N–H and O–H groups in total. The van der Waals surface area contributed by atoms with E-state index in [1.54, 1.807) is 6.08 Å². The molecule has 0 aliphatic carbocycles. The second kappa shape index (κ2) is 10.8. The van der Waals surface area contributed by atoms with E-state index in [-0.39, 0.29) is 5.57 Å². The Morgan fingerprint density at radius 2 is 1.80 bits per heavy atom. The lowest BCUT2D eigenvalue weighted by Gasteiger charge is -2.09. The first-order valence-corrected chi connectivity index (χ1v) is 10.6. The van der Waals surface area contributed by atoms with Crippen molar-refractivity contribution >= 4 is 46.2 Å². The van der Waals surface area contributed by atoms with Crippen molar-refractivity contribution in [2.75, 3.05) is 0 Å². The van der Waals surface area contributed by atoms with Crippen molar-refractivity contribution in [3.63, 3.8) is 0 Å². The van der Waals surface area contributed by atoms with Crippen molar-refractivity contribution in [1.29, 1.82) is 5.26 Å². The van der Waals surface area contributed by atoms with E-state index in [2.05, 4.69) is 27.9 Å². The molecule has 0 atom stereocenters. The van der Waals surface area contributed by atoms with E-state index in [0.29, 0.717) is 18.2 Å². The molecule has 150 valence electrons. The van der Waals surface area contributed by atoms with Crippen LogP contribution < -0.4 is 10.1 Å². The van der Waals surface area contributed by atoms with Crippen molar-refractivity contribution < 1.29 is 9.53 Å². The summed E-state index contributed by atoms with van der Waals surface area (Å²) in [6.07, 6.45) is 1.57. The highest BCUT2D eigenvalue weighted by atomic mass is 127. The van der Waals surface area contributed by atoms with Crippen LogP contribution in [0.5, 0.6) is 5.75 Å². The number of halogens is 2. The third-order valence-electron chi connectivity index (χ3n) is 4.24. The summed E-state index contributed by atoms with van der Waals surface area (Å²) in [5.74, 6) is 0.328. The summed E-state index contributed by atoms with van der Waals surface area (Å²) < 4.78 is 6.75. The van der Waals surface area contributed by atoms with Crippen molar-refractivity contribution in [3.8, 4) is 11.8 Å². The Kier molecular flexibility index (Phi) is 7.89. The molecule has 0 aromatic heterocycles. The smallest absolute Gasteiger partial charge is 0.262 e. The average Bonchev–Trinajstić information content (AvgIpc) is 2.77. The number of carbonyl (C=O) groups is 1. The number of rotatable bonds is 7. The molecule has 3 rings (SSSR count). The minimum atomic E-state index is -0.403. The monoisotopic (exact) mass is 528 g/mol. The van der Waals surface area contributed by atoms with Crippen molar-refractivity contribution in [3.05, 3.63) is 104 Å². The maximum Gasteiger partial charge on any atom is 0.262 e. The number of benzene rings is 3. The van der Waals surface area contributed by atoms with Gasteiger partial charge in [-0.1, -0.05) is 60.1 Å². The van der Waals surface area contributed by atoms with Crippen LogP contribution in [-0.4, -0.2) is 5.91 Å². The molecule has 0 heterocycles. The predicted molar refractivity (Wildman–Crippen MR) is 127 cm³/mol. The van der Waals surface area contributed by atoms with E-state index in [1.165, 1.54) is 0 Å². The largest absolute Gasteiger partial charge is 0.488 e. The highest BCUT2D eigenvalue weighted by Gasteiger charge is 2.10. The fourth-order valence-corrected chi connectivity index (χ4v) is 3.48. The van der Waals surface area contributed by atoms with Crippen molar-refractivity contribution in [1.82, 2.24) is 5.32 Å². The van der Waals surface area contributed by atoms with E-state index >= 15 is 0 Å². The first-order chi connectivity index (χ1) is 14.5. The molecular formula is C24H18ClIN2O2. The Hall–Kier alpha value is -2.82. The van der Waals surface area contributed by atoms with Crippen LogP contribution in [0.3, 0.4) is 0 Å². The first-order valence-electron chi connectivity index (χ1n) is 9.16. The maximum absolute atomic E-state index is 12.3. The van der Waals surface area contributed by atoms with Crippen LogP contribution in [0, 0.1) is 14.9 Å². The Morgan fingerprint density at radius 1 is 1.07 bits per heavy atom. The number of amides is 1. The Morgan fingerprint density at radius 3 is 2.47 bits per heavy atom. The van der Waals surface area contributed by atoms with Crippen LogP contribution in [0.1, 0.15) is 16.7 Å². The molecule has 0 saturated heterocycles. The van der Waals surface area contributed by atoms with Gasteiger partial charge in [0.2, 0.25) is 0 Å². The fraction of sp³-hybridized carbons (Fsp3) is 0.0833. The lowest BCUT2D eigenvalue weighted by molar-refractivity contribution is -0.117. The molecule has 4 nitrogen and oxygen atoms in total. The predicted octanol–water partition coefficient (Wildman–Crippen LogP) is 5.75. The van der Waals surface area contributed by atoms with Crippen LogP contribution >= 0.6 is 34.2 Å². The summed E-state index contributed by atoms with van der Waals surface area (Å²) in [5.41, 5.74) is 2.79. The quantitative estimate of drug-likeness (QED) is 0.241. The molecule has 6 heteroatoms. The normalized spacial score (nSPS) is 10.9. The summed E-state index contributed by atoms with van der Waals surface area (Å²) in [7, 11) is 0. The van der Waals surface area contributed by atoms with Gasteiger partial charge in [-0.05, 0) is 69.6 Å². The SMILES string of the molecule is N#C/C(=C/c1ccc(OCc2ccc(Cl)cc2)c(I)c1)C(=O)NCc1ccccc1. The van der Waals surface area contributed by atoms with E-state index < -0.39 is 5.91 Å². The molecule has 3 aromatic rings. The molecular weight excluding hydrogens is 511 g/mol. The second-order valence-electron chi connectivity index (χ2n) is 6.44. The van der Waals surface area contributed by atoms with E-state index in [9.17, 15) is 10.1 Å². The summed E-state index contributed by atoms with van der Waals surface area (Å²) in [5, 5.41) is 12.9. The van der Waals surface area contributed by atoms with Crippen LogP contribution in [-0.2, 0) is 17.9 Å². The third-order valence-corrected chi connectivity index (χ3v) is 5.33. The number of ether oxygens (including phenoxy) is 1. The van der Waals surface area contributed by atoms with E-state index in [4.69, 9.17) is 16.3 Å². The molecule has 3 aromatic carbocycles. The lowest BCUT2D eigenvalue weighted by Crippen LogP contribution is -2.23. The van der Waals surface area contributed by atoms with Gasteiger partial charge < -0.3 is 10.1 Å². The first kappa shape index (κ1) is 21.9. The maximum atomic E-state index is 12.3. The highest BCUT2D eigenvalue weighted by molar-refractivity contribution is 14.1. The van der Waals surface area contributed by atoms with Crippen molar-refractivity contribution in [2.24, 2.45) is 0 Å². The minimum absolute atomic E-state index is 0.0524. The molecule has 0 fully saturated rings. The Bertz CT molecular complexity index is 1090. The van der Waals surface area contributed by atoms with Crippen LogP contribution in [0.2, 0.25) is 5.02 Å². The molecule has 0 spiro atoms. The second-order valence-corrected chi connectivity index (χ2v) is 8.04. The van der Waals surface area contributed by atoms with Crippen LogP contribution in [0.4, 0.5) is 0 Å². The van der Waals surface area contributed by atoms with Gasteiger partial charge in [-0.25, -0.2) is 0 Å². The Labute approximate surface area is 194 Å². The van der Waals surface area contributed by atoms with E-state index in [0.717, 1.165) is 26.0 Å². The minimum Gasteiger partial charge on any atom is -0.488 e. The van der Waals surface area contributed by atoms with Gasteiger partial charge in [-0.15, -0.1) is 0 Å². The molecule has 0 saturated carbocycles. The van der Waals surface area contributed by atoms with Crippen LogP contribution in [0.25, 0.3) is 6.08 Å². The number of nitriles is 1. The highest BCUT2D eigenvalue weighted by Crippen LogP contribution is 2.24. The number of nitrogens with one attached hydrogen (secondary N) is 1. The van der Waals surface area contributed by atoms with Gasteiger partial charge >= 0.3 is 0 Å². The fourth-order valence-electron chi connectivity index (χ4n) is 2.65. The lowest BCUT2D eigenvalue weighted by atomic mass is 10.1. The molecule has 30 heavy (non-hydrogen) atoms. The zero-order valence-electron chi connectivity index (χ0n) is 15.9. The van der Waals surface area contributed by atoms with Gasteiger partial charge in [0.05, 0.1) is 3.57 Å². The zero-order chi connectivity index (χ0) is 21.3. The number of hydrogen-bond donors (Lipinski definition) is 1. The molecule has 0 aliphatic rings. The summed E-state index contributed by atoms with van der Waals surface area (Å²) in [6.45, 7) is 0.793. The van der Waals surface area contributed by atoms with Crippen molar-refractivity contribution in [2.45, 2.75) is 13.2 Å². The molecule has 1 amide bonds.